The van der Waals surface area contributed by atoms with Crippen molar-refractivity contribution < 1.29 is 9.18 Å². The van der Waals surface area contributed by atoms with Crippen LogP contribution in [-0.4, -0.2) is 20.9 Å². The Balaban J connectivity index is 1.58. The lowest BCUT2D eigenvalue weighted by Gasteiger charge is -2.05. The molecule has 1 amide bonds. The molecule has 0 saturated carbocycles. The van der Waals surface area contributed by atoms with E-state index >= 15 is 0 Å². The summed E-state index contributed by atoms with van der Waals surface area (Å²) in [4.78, 5) is 13.9. The molecule has 0 bridgehead atoms. The van der Waals surface area contributed by atoms with Crippen LogP contribution in [0.25, 0.3) is 16.7 Å². The molecule has 0 atom stereocenters. The molecule has 5 nitrogen and oxygen atoms in total. The topological polar surface area (TPSA) is 59.8 Å². The molecule has 0 saturated heterocycles. The fourth-order valence-corrected chi connectivity index (χ4v) is 2.93. The van der Waals surface area contributed by atoms with Gasteiger partial charge in [0, 0.05) is 11.3 Å². The molecule has 0 aliphatic heterocycles. The zero-order valence-corrected chi connectivity index (χ0v) is 15.6. The van der Waals surface area contributed by atoms with Gasteiger partial charge in [-0.15, -0.1) is 10.2 Å². The van der Waals surface area contributed by atoms with Gasteiger partial charge in [0.05, 0.1) is 5.69 Å². The maximum Gasteiger partial charge on any atom is 0.255 e. The van der Waals surface area contributed by atoms with Crippen molar-refractivity contribution in [3.63, 3.8) is 0 Å². The Labute approximate surface area is 161 Å². The summed E-state index contributed by atoms with van der Waals surface area (Å²) in [5.41, 5.74) is 4.33. The zero-order chi connectivity index (χ0) is 19.7. The van der Waals surface area contributed by atoms with E-state index in [-0.39, 0.29) is 11.5 Å². The number of nitrogens with zero attached hydrogens (tertiary/aromatic N) is 3. The average molecular weight is 374 g/mol. The van der Waals surface area contributed by atoms with Crippen LogP contribution in [0.4, 0.5) is 10.1 Å². The molecule has 0 unspecified atom stereocenters. The van der Waals surface area contributed by atoms with Crippen LogP contribution >= 0.6 is 0 Å². The van der Waals surface area contributed by atoms with Crippen LogP contribution in [0.1, 0.15) is 35.7 Å². The van der Waals surface area contributed by atoms with Gasteiger partial charge in [0.1, 0.15) is 16.9 Å². The summed E-state index contributed by atoms with van der Waals surface area (Å²) in [7, 11) is 0. The van der Waals surface area contributed by atoms with Gasteiger partial charge >= 0.3 is 0 Å². The molecule has 1 aromatic heterocycles. The predicted octanol–water partition coefficient (Wildman–Crippen LogP) is 4.94. The second kappa shape index (κ2) is 7.23. The van der Waals surface area contributed by atoms with Crippen molar-refractivity contribution in [2.24, 2.45) is 0 Å². The summed E-state index contributed by atoms with van der Waals surface area (Å²) in [6.07, 6.45) is 0. The number of carbonyl (C=O) groups excluding carboxylic acids is 1. The standard InChI is InChI=1S/C22H19FN4O/c1-14(2)15-6-9-19(10-7-15)27-25-20-11-8-18(13-21(20)26-27)24-22(28)16-4-3-5-17(23)12-16/h3-14H,1-2H3,(H,24,28). The first-order valence-electron chi connectivity index (χ1n) is 9.04. The summed E-state index contributed by atoms with van der Waals surface area (Å²) in [5, 5.41) is 11.8. The van der Waals surface area contributed by atoms with Gasteiger partial charge in [0.25, 0.3) is 5.91 Å². The molecule has 3 aromatic carbocycles. The van der Waals surface area contributed by atoms with E-state index in [1.807, 2.05) is 12.1 Å². The number of hydrogen-bond donors (Lipinski definition) is 1. The van der Waals surface area contributed by atoms with E-state index in [9.17, 15) is 9.18 Å². The summed E-state index contributed by atoms with van der Waals surface area (Å²) < 4.78 is 13.3. The SMILES string of the molecule is CC(C)c1ccc(-n2nc3ccc(NC(=O)c4cccc(F)c4)cc3n2)cc1. The fraction of sp³-hybridized carbons (Fsp3) is 0.136. The molecule has 1 N–H and O–H groups in total. The van der Waals surface area contributed by atoms with Crippen molar-refractivity contribution in [1.82, 2.24) is 15.0 Å². The molecular weight excluding hydrogens is 355 g/mol. The van der Waals surface area contributed by atoms with E-state index < -0.39 is 5.82 Å². The van der Waals surface area contributed by atoms with Crippen molar-refractivity contribution in [3.05, 3.63) is 83.7 Å². The highest BCUT2D eigenvalue weighted by Gasteiger charge is 2.10. The van der Waals surface area contributed by atoms with Gasteiger partial charge in [-0.25, -0.2) is 4.39 Å². The normalized spacial score (nSPS) is 11.1. The zero-order valence-electron chi connectivity index (χ0n) is 15.6. The molecule has 0 aliphatic carbocycles. The van der Waals surface area contributed by atoms with Crippen LogP contribution in [0.2, 0.25) is 0 Å². The Hall–Kier alpha value is -3.54. The van der Waals surface area contributed by atoms with Gasteiger partial charge in [-0.1, -0.05) is 32.0 Å². The summed E-state index contributed by atoms with van der Waals surface area (Å²) in [6, 6.07) is 19.0. The third-order valence-corrected chi connectivity index (χ3v) is 4.52. The fourth-order valence-electron chi connectivity index (χ4n) is 2.93. The maximum atomic E-state index is 13.3. The van der Waals surface area contributed by atoms with Crippen molar-refractivity contribution in [2.45, 2.75) is 19.8 Å². The number of hydrogen-bond acceptors (Lipinski definition) is 3. The number of nitrogens with one attached hydrogen (secondary N) is 1. The Bertz CT molecular complexity index is 1150. The first-order valence-corrected chi connectivity index (χ1v) is 9.04. The third kappa shape index (κ3) is 3.62. The largest absolute Gasteiger partial charge is 0.322 e. The number of carbonyl (C=O) groups is 1. The molecule has 4 rings (SSSR count). The van der Waals surface area contributed by atoms with E-state index in [0.29, 0.717) is 17.1 Å². The van der Waals surface area contributed by atoms with Gasteiger partial charge in [-0.05, 0) is 60.0 Å². The smallest absolute Gasteiger partial charge is 0.255 e. The number of rotatable bonds is 4. The van der Waals surface area contributed by atoms with Crippen LogP contribution in [0.5, 0.6) is 0 Å². The number of amides is 1. The van der Waals surface area contributed by atoms with Gasteiger partial charge in [0.15, 0.2) is 0 Å². The molecule has 0 spiro atoms. The van der Waals surface area contributed by atoms with Crippen molar-refractivity contribution >= 4 is 22.6 Å². The van der Waals surface area contributed by atoms with E-state index in [1.54, 1.807) is 29.1 Å². The lowest BCUT2D eigenvalue weighted by Crippen LogP contribution is -2.11. The number of benzene rings is 3. The Morgan fingerprint density at radius 1 is 0.964 bits per heavy atom. The van der Waals surface area contributed by atoms with E-state index in [1.165, 1.54) is 23.8 Å². The monoisotopic (exact) mass is 374 g/mol. The Morgan fingerprint density at radius 2 is 1.71 bits per heavy atom. The van der Waals surface area contributed by atoms with Gasteiger partial charge in [-0.2, -0.15) is 4.80 Å². The highest BCUT2D eigenvalue weighted by Crippen LogP contribution is 2.20. The molecule has 0 radical (unpaired) electrons. The molecule has 1 heterocycles. The summed E-state index contributed by atoms with van der Waals surface area (Å²) in [5.74, 6) is -0.368. The lowest BCUT2D eigenvalue weighted by atomic mass is 10.0. The number of fused-ring (bicyclic) bond motifs is 1. The lowest BCUT2D eigenvalue weighted by molar-refractivity contribution is 0.102. The van der Waals surface area contributed by atoms with Crippen molar-refractivity contribution in [3.8, 4) is 5.69 Å². The van der Waals surface area contributed by atoms with Crippen LogP contribution < -0.4 is 5.32 Å². The highest BCUT2D eigenvalue weighted by atomic mass is 19.1. The summed E-state index contributed by atoms with van der Waals surface area (Å²) in [6.45, 7) is 4.30. The second-order valence-electron chi connectivity index (χ2n) is 6.90. The first-order chi connectivity index (χ1) is 13.5. The molecular formula is C22H19FN4O. The van der Waals surface area contributed by atoms with Crippen LogP contribution in [0.15, 0.2) is 66.7 Å². The van der Waals surface area contributed by atoms with Gasteiger partial charge < -0.3 is 5.32 Å². The number of aromatic nitrogens is 3. The van der Waals surface area contributed by atoms with E-state index in [2.05, 4.69) is 41.5 Å². The number of anilines is 1. The average Bonchev–Trinajstić information content (AvgIpc) is 3.11. The molecule has 6 heteroatoms. The molecule has 4 aromatic rings. The minimum Gasteiger partial charge on any atom is -0.322 e. The third-order valence-electron chi connectivity index (χ3n) is 4.52. The van der Waals surface area contributed by atoms with Crippen molar-refractivity contribution in [2.75, 3.05) is 5.32 Å². The molecule has 0 fully saturated rings. The van der Waals surface area contributed by atoms with E-state index in [4.69, 9.17) is 0 Å². The van der Waals surface area contributed by atoms with Crippen LogP contribution in [-0.2, 0) is 0 Å². The van der Waals surface area contributed by atoms with E-state index in [0.717, 1.165) is 11.2 Å². The molecule has 0 aliphatic rings. The highest BCUT2D eigenvalue weighted by molar-refractivity contribution is 6.04. The van der Waals surface area contributed by atoms with Crippen LogP contribution in [0, 0.1) is 5.82 Å². The minimum absolute atomic E-state index is 0.258. The van der Waals surface area contributed by atoms with Gasteiger partial charge in [-0.3, -0.25) is 4.79 Å². The molecule has 28 heavy (non-hydrogen) atoms. The number of halogens is 1. The quantitative estimate of drug-likeness (QED) is 0.551. The van der Waals surface area contributed by atoms with Gasteiger partial charge in [0.2, 0.25) is 0 Å². The van der Waals surface area contributed by atoms with Crippen molar-refractivity contribution in [1.29, 1.82) is 0 Å². The minimum atomic E-state index is -0.450. The predicted molar refractivity (Wildman–Crippen MR) is 107 cm³/mol. The molecule has 140 valence electrons. The van der Waals surface area contributed by atoms with Crippen LogP contribution in [0.3, 0.4) is 0 Å². The first kappa shape index (κ1) is 17.9. The maximum absolute atomic E-state index is 13.3. The Morgan fingerprint density at radius 3 is 2.43 bits per heavy atom. The second-order valence-corrected chi connectivity index (χ2v) is 6.90. The Kier molecular flexibility index (Phi) is 4.61. The summed E-state index contributed by atoms with van der Waals surface area (Å²) >= 11 is 0.